The van der Waals surface area contributed by atoms with Crippen molar-refractivity contribution in [2.45, 2.75) is 32.4 Å². The number of hydrogen-bond donors (Lipinski definition) is 0. The maximum absolute atomic E-state index is 12.2. The number of piperidine rings is 1. The van der Waals surface area contributed by atoms with Gasteiger partial charge in [0.25, 0.3) is 0 Å². The molecular formula is C15H20N2O4S. The molecule has 2 aliphatic heterocycles. The van der Waals surface area contributed by atoms with Gasteiger partial charge in [-0.15, -0.1) is 0 Å². The largest absolute Gasteiger partial charge is 0.444 e. The fourth-order valence-corrected chi connectivity index (χ4v) is 4.21. The van der Waals surface area contributed by atoms with Gasteiger partial charge < -0.3 is 4.74 Å². The van der Waals surface area contributed by atoms with E-state index in [0.717, 1.165) is 11.3 Å². The van der Waals surface area contributed by atoms with Crippen LogP contribution in [0.15, 0.2) is 24.3 Å². The lowest BCUT2D eigenvalue weighted by Crippen LogP contribution is -2.50. The maximum atomic E-state index is 12.2. The van der Waals surface area contributed by atoms with E-state index in [0.29, 0.717) is 32.5 Å². The summed E-state index contributed by atoms with van der Waals surface area (Å²) in [4.78, 5) is 13.9. The Hall–Kier alpha value is -1.60. The highest BCUT2D eigenvalue weighted by molar-refractivity contribution is 7.89. The number of sulfonamides is 1. The molecule has 3 rings (SSSR count). The van der Waals surface area contributed by atoms with Crippen LogP contribution in [0.5, 0.6) is 0 Å². The highest BCUT2D eigenvalue weighted by Crippen LogP contribution is 2.32. The zero-order chi connectivity index (χ0) is 15.7. The molecule has 1 fully saturated rings. The lowest BCUT2D eigenvalue weighted by Gasteiger charge is -2.39. The van der Waals surface area contributed by atoms with Gasteiger partial charge in [-0.1, -0.05) is 18.2 Å². The minimum absolute atomic E-state index is 0.0164. The molecule has 0 aromatic heterocycles. The second kappa shape index (κ2) is 5.89. The Kier molecular flexibility index (Phi) is 4.10. The monoisotopic (exact) mass is 324 g/mol. The average molecular weight is 324 g/mol. The molecule has 22 heavy (non-hydrogen) atoms. The fourth-order valence-electron chi connectivity index (χ4n) is 3.08. The highest BCUT2D eigenvalue weighted by atomic mass is 32.2. The van der Waals surface area contributed by atoms with Crippen molar-refractivity contribution in [3.8, 4) is 0 Å². The summed E-state index contributed by atoms with van der Waals surface area (Å²) in [5.74, 6) is 0.117. The van der Waals surface area contributed by atoms with E-state index in [1.54, 1.807) is 11.8 Å². The molecule has 2 aliphatic rings. The van der Waals surface area contributed by atoms with Crippen LogP contribution in [0.2, 0.25) is 0 Å². The number of hydrogen-bond acceptors (Lipinski definition) is 4. The standard InChI is InChI=1S/C15H20N2O4S/c1-2-22(19,20)16-9-7-13(8-10-16)17-14-6-4-3-5-12(14)11-21-15(17)18/h3-6,13H,2,7-11H2,1H3. The van der Waals surface area contributed by atoms with Gasteiger partial charge in [-0.2, -0.15) is 0 Å². The molecule has 2 heterocycles. The van der Waals surface area contributed by atoms with E-state index in [1.165, 1.54) is 4.31 Å². The minimum Gasteiger partial charge on any atom is -0.444 e. The smallest absolute Gasteiger partial charge is 0.414 e. The molecule has 0 aliphatic carbocycles. The summed E-state index contributed by atoms with van der Waals surface area (Å²) in [5, 5.41) is 0. The number of carbonyl (C=O) groups excluding carboxylic acids is 1. The SMILES string of the molecule is CCS(=O)(=O)N1CCC(N2C(=O)OCc3ccccc32)CC1. The molecule has 0 N–H and O–H groups in total. The van der Waals surface area contributed by atoms with Crippen molar-refractivity contribution in [2.75, 3.05) is 23.7 Å². The molecule has 7 heteroatoms. The van der Waals surface area contributed by atoms with Crippen molar-refractivity contribution >= 4 is 21.8 Å². The van der Waals surface area contributed by atoms with E-state index in [2.05, 4.69) is 0 Å². The predicted molar refractivity (Wildman–Crippen MR) is 83.2 cm³/mol. The van der Waals surface area contributed by atoms with Gasteiger partial charge in [-0.05, 0) is 25.8 Å². The van der Waals surface area contributed by atoms with Gasteiger partial charge in [-0.25, -0.2) is 17.5 Å². The van der Waals surface area contributed by atoms with Crippen LogP contribution in [0.3, 0.4) is 0 Å². The van der Waals surface area contributed by atoms with E-state index >= 15 is 0 Å². The fraction of sp³-hybridized carbons (Fsp3) is 0.533. The third-order valence-electron chi connectivity index (χ3n) is 4.35. The van der Waals surface area contributed by atoms with E-state index in [4.69, 9.17) is 4.74 Å². The van der Waals surface area contributed by atoms with Gasteiger partial charge in [0.15, 0.2) is 0 Å². The summed E-state index contributed by atoms with van der Waals surface area (Å²) in [6.07, 6.45) is 0.918. The summed E-state index contributed by atoms with van der Waals surface area (Å²) < 4.78 is 30.6. The molecule has 0 unspecified atom stereocenters. The third kappa shape index (κ3) is 2.70. The molecule has 0 spiro atoms. The van der Waals surface area contributed by atoms with E-state index in [9.17, 15) is 13.2 Å². The molecule has 1 aromatic carbocycles. The Labute approximate surface area is 130 Å². The van der Waals surface area contributed by atoms with Crippen molar-refractivity contribution in [1.82, 2.24) is 4.31 Å². The Morgan fingerprint density at radius 1 is 1.23 bits per heavy atom. The number of benzene rings is 1. The van der Waals surface area contributed by atoms with Crippen molar-refractivity contribution in [3.63, 3.8) is 0 Å². The zero-order valence-electron chi connectivity index (χ0n) is 12.6. The molecule has 0 radical (unpaired) electrons. The lowest BCUT2D eigenvalue weighted by atomic mass is 10.0. The Bertz CT molecular complexity index is 666. The van der Waals surface area contributed by atoms with Crippen molar-refractivity contribution in [1.29, 1.82) is 0 Å². The number of ether oxygens (including phenoxy) is 1. The van der Waals surface area contributed by atoms with Crippen LogP contribution in [0.4, 0.5) is 10.5 Å². The normalized spacial score (nSPS) is 20.6. The van der Waals surface area contributed by atoms with Gasteiger partial charge in [0.05, 0.1) is 11.4 Å². The summed E-state index contributed by atoms with van der Waals surface area (Å²) in [6, 6.07) is 7.68. The Morgan fingerprint density at radius 3 is 2.59 bits per heavy atom. The van der Waals surface area contributed by atoms with E-state index in [1.807, 2.05) is 24.3 Å². The maximum Gasteiger partial charge on any atom is 0.414 e. The summed E-state index contributed by atoms with van der Waals surface area (Å²) in [6.45, 7) is 2.85. The lowest BCUT2D eigenvalue weighted by molar-refractivity contribution is 0.136. The average Bonchev–Trinajstić information content (AvgIpc) is 2.55. The number of rotatable bonds is 3. The third-order valence-corrected chi connectivity index (χ3v) is 6.23. The Morgan fingerprint density at radius 2 is 1.91 bits per heavy atom. The number of carbonyl (C=O) groups is 1. The molecule has 0 atom stereocenters. The number of anilines is 1. The highest BCUT2D eigenvalue weighted by Gasteiger charge is 2.36. The molecular weight excluding hydrogens is 304 g/mol. The van der Waals surface area contributed by atoms with E-state index < -0.39 is 10.0 Å². The van der Waals surface area contributed by atoms with Gasteiger partial charge in [0.1, 0.15) is 6.61 Å². The number of amides is 1. The van der Waals surface area contributed by atoms with Crippen LogP contribution in [0.1, 0.15) is 25.3 Å². The van der Waals surface area contributed by atoms with Crippen molar-refractivity contribution in [3.05, 3.63) is 29.8 Å². The summed E-state index contributed by atoms with van der Waals surface area (Å²) in [5.41, 5.74) is 1.88. The minimum atomic E-state index is -3.15. The molecule has 1 aromatic rings. The molecule has 0 saturated carbocycles. The van der Waals surface area contributed by atoms with Crippen molar-refractivity contribution in [2.24, 2.45) is 0 Å². The Balaban J connectivity index is 1.78. The first-order chi connectivity index (χ1) is 10.5. The zero-order valence-corrected chi connectivity index (χ0v) is 13.4. The predicted octanol–water partition coefficient (Wildman–Crippen LogP) is 1.96. The first kappa shape index (κ1) is 15.3. The molecule has 1 amide bonds. The van der Waals surface area contributed by atoms with Gasteiger partial charge >= 0.3 is 6.09 Å². The first-order valence-electron chi connectivity index (χ1n) is 7.54. The van der Waals surface area contributed by atoms with Crippen molar-refractivity contribution < 1.29 is 17.9 Å². The summed E-state index contributed by atoms with van der Waals surface area (Å²) >= 11 is 0. The quantitative estimate of drug-likeness (QED) is 0.852. The molecule has 6 nitrogen and oxygen atoms in total. The number of fused-ring (bicyclic) bond motifs is 1. The number of cyclic esters (lactones) is 1. The van der Waals surface area contributed by atoms with Crippen LogP contribution in [-0.4, -0.2) is 43.7 Å². The van der Waals surface area contributed by atoms with E-state index in [-0.39, 0.29) is 17.9 Å². The second-order valence-corrected chi connectivity index (χ2v) is 7.84. The van der Waals surface area contributed by atoms with Gasteiger partial charge in [0.2, 0.25) is 10.0 Å². The van der Waals surface area contributed by atoms with Gasteiger partial charge in [0, 0.05) is 24.7 Å². The number of nitrogens with zero attached hydrogens (tertiary/aromatic N) is 2. The molecule has 120 valence electrons. The van der Waals surface area contributed by atoms with Crippen LogP contribution in [0.25, 0.3) is 0 Å². The van der Waals surface area contributed by atoms with Crippen LogP contribution in [-0.2, 0) is 21.4 Å². The topological polar surface area (TPSA) is 66.9 Å². The molecule has 0 bridgehead atoms. The van der Waals surface area contributed by atoms with Gasteiger partial charge in [-0.3, -0.25) is 4.90 Å². The van der Waals surface area contributed by atoms with Crippen LogP contribution in [0, 0.1) is 0 Å². The summed E-state index contributed by atoms with van der Waals surface area (Å²) in [7, 11) is -3.15. The number of para-hydroxylation sites is 1. The second-order valence-electron chi connectivity index (χ2n) is 5.58. The first-order valence-corrected chi connectivity index (χ1v) is 9.15. The van der Waals surface area contributed by atoms with Crippen LogP contribution >= 0.6 is 0 Å². The molecule has 1 saturated heterocycles. The van der Waals surface area contributed by atoms with Crippen LogP contribution < -0.4 is 4.90 Å².